The molecular formula is C13H10Cl2FNO. The van der Waals surface area contributed by atoms with Gasteiger partial charge in [-0.3, -0.25) is 0 Å². The summed E-state index contributed by atoms with van der Waals surface area (Å²) in [5, 5.41) is 0.503. The largest absolute Gasteiger partial charge is 0.487 e. The molecule has 0 aliphatic heterocycles. The lowest BCUT2D eigenvalue weighted by Crippen LogP contribution is -1.97. The first-order chi connectivity index (χ1) is 8.56. The summed E-state index contributed by atoms with van der Waals surface area (Å²) < 4.78 is 18.5. The van der Waals surface area contributed by atoms with Gasteiger partial charge in [0.2, 0.25) is 0 Å². The molecule has 2 N–H and O–H groups in total. The smallest absolute Gasteiger partial charge is 0.141 e. The third-order valence-corrected chi connectivity index (χ3v) is 2.92. The molecule has 0 radical (unpaired) electrons. The van der Waals surface area contributed by atoms with Crippen molar-refractivity contribution in [3.8, 4) is 5.75 Å². The summed E-state index contributed by atoms with van der Waals surface area (Å²) in [6, 6.07) is 9.40. The minimum Gasteiger partial charge on any atom is -0.487 e. The van der Waals surface area contributed by atoms with Gasteiger partial charge in [0.1, 0.15) is 18.2 Å². The van der Waals surface area contributed by atoms with Crippen LogP contribution >= 0.6 is 23.2 Å². The summed E-state index contributed by atoms with van der Waals surface area (Å²) in [6.45, 7) is 0.254. The van der Waals surface area contributed by atoms with Crippen LogP contribution in [0.3, 0.4) is 0 Å². The Morgan fingerprint density at radius 1 is 1.06 bits per heavy atom. The Hall–Kier alpha value is -1.45. The molecule has 0 aliphatic carbocycles. The molecule has 0 amide bonds. The van der Waals surface area contributed by atoms with Crippen LogP contribution in [0.25, 0.3) is 0 Å². The van der Waals surface area contributed by atoms with Crippen LogP contribution in [0.4, 0.5) is 10.1 Å². The van der Waals surface area contributed by atoms with Crippen LogP contribution in [-0.4, -0.2) is 0 Å². The highest BCUT2D eigenvalue weighted by Gasteiger charge is 2.04. The van der Waals surface area contributed by atoms with Crippen molar-refractivity contribution in [2.75, 3.05) is 5.73 Å². The summed E-state index contributed by atoms with van der Waals surface area (Å²) in [5.74, 6) is 0.0669. The van der Waals surface area contributed by atoms with Crippen molar-refractivity contribution >= 4 is 28.9 Å². The van der Waals surface area contributed by atoms with E-state index in [0.717, 1.165) is 5.56 Å². The Labute approximate surface area is 114 Å². The highest BCUT2D eigenvalue weighted by Crippen LogP contribution is 2.27. The Kier molecular flexibility index (Phi) is 3.94. The van der Waals surface area contributed by atoms with E-state index < -0.39 is 5.82 Å². The Morgan fingerprint density at radius 3 is 2.50 bits per heavy atom. The van der Waals surface area contributed by atoms with Crippen molar-refractivity contribution in [1.29, 1.82) is 0 Å². The van der Waals surface area contributed by atoms with Crippen LogP contribution in [-0.2, 0) is 6.61 Å². The van der Waals surface area contributed by atoms with E-state index in [9.17, 15) is 4.39 Å². The number of rotatable bonds is 3. The first kappa shape index (κ1) is 13.0. The fourth-order valence-corrected chi connectivity index (χ4v) is 1.87. The molecule has 0 heterocycles. The highest BCUT2D eigenvalue weighted by atomic mass is 35.5. The van der Waals surface area contributed by atoms with Gasteiger partial charge in [-0.1, -0.05) is 29.3 Å². The summed E-state index contributed by atoms with van der Waals surface area (Å²) in [5.41, 5.74) is 6.90. The number of anilines is 1. The van der Waals surface area contributed by atoms with Gasteiger partial charge in [0.05, 0.1) is 10.0 Å². The van der Waals surface area contributed by atoms with Crippen molar-refractivity contribution in [2.45, 2.75) is 6.61 Å². The molecule has 0 unspecified atom stereocenters. The fraction of sp³-hybridized carbons (Fsp3) is 0.0769. The van der Waals surface area contributed by atoms with Gasteiger partial charge in [0.25, 0.3) is 0 Å². The molecular weight excluding hydrogens is 276 g/mol. The quantitative estimate of drug-likeness (QED) is 0.854. The van der Waals surface area contributed by atoms with Crippen LogP contribution in [0.15, 0.2) is 36.4 Å². The van der Waals surface area contributed by atoms with Gasteiger partial charge in [0, 0.05) is 5.69 Å². The second kappa shape index (κ2) is 5.46. The maximum Gasteiger partial charge on any atom is 0.141 e. The van der Waals surface area contributed by atoms with Crippen LogP contribution in [0, 0.1) is 5.82 Å². The van der Waals surface area contributed by atoms with Crippen molar-refractivity contribution in [3.05, 3.63) is 57.8 Å². The summed E-state index contributed by atoms with van der Waals surface area (Å²) in [4.78, 5) is 0. The van der Waals surface area contributed by atoms with E-state index in [2.05, 4.69) is 0 Å². The molecule has 0 fully saturated rings. The zero-order valence-corrected chi connectivity index (χ0v) is 10.8. The average molecular weight is 286 g/mol. The van der Waals surface area contributed by atoms with Gasteiger partial charge in [-0.25, -0.2) is 4.39 Å². The topological polar surface area (TPSA) is 35.2 Å². The molecule has 5 heteroatoms. The fourth-order valence-electron chi connectivity index (χ4n) is 1.42. The molecule has 2 aromatic rings. The molecule has 2 aromatic carbocycles. The summed E-state index contributed by atoms with van der Waals surface area (Å²) in [7, 11) is 0. The Bertz CT molecular complexity index is 575. The van der Waals surface area contributed by atoms with Gasteiger partial charge < -0.3 is 10.5 Å². The number of benzene rings is 2. The number of nitrogen functional groups attached to an aromatic ring is 1. The van der Waals surface area contributed by atoms with E-state index >= 15 is 0 Å². The number of halogens is 3. The maximum atomic E-state index is 13.0. The van der Waals surface area contributed by atoms with E-state index in [1.807, 2.05) is 0 Å². The van der Waals surface area contributed by atoms with E-state index in [-0.39, 0.29) is 11.6 Å². The van der Waals surface area contributed by atoms with E-state index in [4.69, 9.17) is 33.7 Å². The summed E-state index contributed by atoms with van der Waals surface area (Å²) >= 11 is 11.6. The second-order valence-corrected chi connectivity index (χ2v) is 4.54. The van der Waals surface area contributed by atoms with E-state index in [0.29, 0.717) is 16.5 Å². The Morgan fingerprint density at radius 2 is 1.83 bits per heavy atom. The maximum absolute atomic E-state index is 13.0. The first-order valence-electron chi connectivity index (χ1n) is 5.18. The lowest BCUT2D eigenvalue weighted by Gasteiger charge is -2.09. The van der Waals surface area contributed by atoms with Gasteiger partial charge in [0.15, 0.2) is 0 Å². The molecule has 0 aromatic heterocycles. The van der Waals surface area contributed by atoms with Crippen LogP contribution in [0.1, 0.15) is 5.56 Å². The minimum atomic E-state index is -0.453. The number of ether oxygens (including phenoxy) is 1. The normalized spacial score (nSPS) is 10.4. The number of nitrogens with two attached hydrogens (primary N) is 1. The molecule has 0 saturated heterocycles. The Balaban J connectivity index is 2.09. The van der Waals surface area contributed by atoms with Crippen molar-refractivity contribution in [2.24, 2.45) is 0 Å². The predicted octanol–water partition coefficient (Wildman–Crippen LogP) is 4.29. The highest BCUT2D eigenvalue weighted by molar-refractivity contribution is 6.32. The molecule has 0 spiro atoms. The first-order valence-corrected chi connectivity index (χ1v) is 5.93. The van der Waals surface area contributed by atoms with Gasteiger partial charge in [-0.05, 0) is 35.9 Å². The van der Waals surface area contributed by atoms with E-state index in [1.165, 1.54) is 12.1 Å². The van der Waals surface area contributed by atoms with E-state index in [1.54, 1.807) is 24.3 Å². The van der Waals surface area contributed by atoms with Gasteiger partial charge in [-0.2, -0.15) is 0 Å². The van der Waals surface area contributed by atoms with Gasteiger partial charge >= 0.3 is 0 Å². The standard InChI is InChI=1S/C13H10Cl2FNO/c14-10-5-8(1-3-12(10)16)7-18-13-4-2-9(17)6-11(13)15/h1-6H,7,17H2. The van der Waals surface area contributed by atoms with Crippen molar-refractivity contribution in [1.82, 2.24) is 0 Å². The predicted molar refractivity (Wildman–Crippen MR) is 71.6 cm³/mol. The summed E-state index contributed by atoms with van der Waals surface area (Å²) in [6.07, 6.45) is 0. The lowest BCUT2D eigenvalue weighted by molar-refractivity contribution is 0.306. The minimum absolute atomic E-state index is 0.0690. The molecule has 0 atom stereocenters. The number of hydrogen-bond acceptors (Lipinski definition) is 2. The van der Waals surface area contributed by atoms with Crippen LogP contribution < -0.4 is 10.5 Å². The number of hydrogen-bond donors (Lipinski definition) is 1. The third-order valence-electron chi connectivity index (χ3n) is 2.33. The lowest BCUT2D eigenvalue weighted by atomic mass is 10.2. The zero-order valence-electron chi connectivity index (χ0n) is 9.29. The second-order valence-electron chi connectivity index (χ2n) is 3.73. The molecule has 0 saturated carbocycles. The van der Waals surface area contributed by atoms with Crippen LogP contribution in [0.2, 0.25) is 10.0 Å². The molecule has 2 rings (SSSR count). The molecule has 0 bridgehead atoms. The van der Waals surface area contributed by atoms with Crippen molar-refractivity contribution in [3.63, 3.8) is 0 Å². The zero-order chi connectivity index (χ0) is 13.1. The molecule has 2 nitrogen and oxygen atoms in total. The molecule has 0 aliphatic rings. The average Bonchev–Trinajstić information content (AvgIpc) is 2.32. The van der Waals surface area contributed by atoms with Gasteiger partial charge in [-0.15, -0.1) is 0 Å². The SMILES string of the molecule is Nc1ccc(OCc2ccc(F)c(Cl)c2)c(Cl)c1. The molecule has 94 valence electrons. The monoisotopic (exact) mass is 285 g/mol. The third kappa shape index (κ3) is 3.06. The molecule has 18 heavy (non-hydrogen) atoms. The van der Waals surface area contributed by atoms with Crippen LogP contribution in [0.5, 0.6) is 5.75 Å². The van der Waals surface area contributed by atoms with Crippen molar-refractivity contribution < 1.29 is 9.13 Å².